The van der Waals surface area contributed by atoms with Gasteiger partial charge in [-0.25, -0.2) is 0 Å². The summed E-state index contributed by atoms with van der Waals surface area (Å²) < 4.78 is 1.24. The first-order chi connectivity index (χ1) is 9.54. The molecule has 2 N–H and O–H groups in total. The van der Waals surface area contributed by atoms with Crippen molar-refractivity contribution in [2.24, 2.45) is 0 Å². The van der Waals surface area contributed by atoms with Crippen molar-refractivity contribution in [1.82, 2.24) is 9.78 Å². The number of aryl methyl sites for hydroxylation is 1. The fourth-order valence-corrected chi connectivity index (χ4v) is 2.36. The van der Waals surface area contributed by atoms with Gasteiger partial charge in [0.1, 0.15) is 6.54 Å². The van der Waals surface area contributed by atoms with Crippen molar-refractivity contribution in [2.75, 3.05) is 5.32 Å². The molecule has 0 atom stereocenters. The van der Waals surface area contributed by atoms with Crippen molar-refractivity contribution < 1.29 is 14.7 Å². The average molecular weight is 291 g/mol. The number of carbonyl (C=O) groups is 2. The predicted octanol–water partition coefficient (Wildman–Crippen LogP) is 1.99. The van der Waals surface area contributed by atoms with Gasteiger partial charge in [0.05, 0.1) is 11.9 Å². The number of carboxylic acid groups (broad SMARTS) is 1. The van der Waals surface area contributed by atoms with E-state index < -0.39 is 5.97 Å². The molecule has 1 amide bonds. The Morgan fingerprint density at radius 2 is 2.35 bits per heavy atom. The number of hydrogen-bond donors (Lipinski definition) is 2. The summed E-state index contributed by atoms with van der Waals surface area (Å²) in [6, 6.07) is 1.98. The van der Waals surface area contributed by atoms with Crippen LogP contribution in [0.15, 0.2) is 29.9 Å². The van der Waals surface area contributed by atoms with E-state index in [1.807, 2.05) is 18.4 Å². The highest BCUT2D eigenvalue weighted by atomic mass is 32.1. The minimum Gasteiger partial charge on any atom is -0.480 e. The van der Waals surface area contributed by atoms with Crippen LogP contribution in [0.5, 0.6) is 0 Å². The molecule has 0 fully saturated rings. The number of anilines is 1. The summed E-state index contributed by atoms with van der Waals surface area (Å²) in [5.41, 5.74) is 1.58. The van der Waals surface area contributed by atoms with Gasteiger partial charge in [-0.15, -0.1) is 11.3 Å². The van der Waals surface area contributed by atoms with E-state index in [1.54, 1.807) is 17.4 Å². The van der Waals surface area contributed by atoms with E-state index in [0.717, 1.165) is 10.4 Å². The highest BCUT2D eigenvalue weighted by molar-refractivity contribution is 7.11. The molecule has 0 saturated carbocycles. The normalized spacial score (nSPS) is 10.8. The molecular formula is C13H13N3O3S. The molecule has 0 saturated heterocycles. The summed E-state index contributed by atoms with van der Waals surface area (Å²) in [6.45, 7) is 1.74. The lowest BCUT2D eigenvalue weighted by atomic mass is 10.3. The summed E-state index contributed by atoms with van der Waals surface area (Å²) in [4.78, 5) is 23.2. The summed E-state index contributed by atoms with van der Waals surface area (Å²) >= 11 is 1.56. The van der Waals surface area contributed by atoms with Gasteiger partial charge < -0.3 is 10.4 Å². The minimum atomic E-state index is -0.987. The lowest BCUT2D eigenvalue weighted by Gasteiger charge is -1.97. The van der Waals surface area contributed by atoms with Gasteiger partial charge >= 0.3 is 5.97 Å². The van der Waals surface area contributed by atoms with Crippen LogP contribution in [0.4, 0.5) is 5.69 Å². The fourth-order valence-electron chi connectivity index (χ4n) is 1.54. The van der Waals surface area contributed by atoms with Crippen molar-refractivity contribution in [3.63, 3.8) is 0 Å². The number of hydrogen-bond acceptors (Lipinski definition) is 4. The lowest BCUT2D eigenvalue weighted by Crippen LogP contribution is -2.09. The van der Waals surface area contributed by atoms with Crippen LogP contribution in [0.3, 0.4) is 0 Å². The Hall–Kier alpha value is -2.41. The molecule has 104 valence electrons. The maximum atomic E-state index is 11.7. The lowest BCUT2D eigenvalue weighted by molar-refractivity contribution is -0.137. The van der Waals surface area contributed by atoms with Gasteiger partial charge in [0, 0.05) is 17.2 Å². The summed E-state index contributed by atoms with van der Waals surface area (Å²) in [7, 11) is 0. The summed E-state index contributed by atoms with van der Waals surface area (Å²) in [5.74, 6) is -1.27. The van der Waals surface area contributed by atoms with E-state index in [2.05, 4.69) is 10.4 Å². The molecule has 0 bridgehead atoms. The number of carbonyl (C=O) groups excluding carboxylic acids is 1. The van der Waals surface area contributed by atoms with Gasteiger partial charge in [0.2, 0.25) is 5.91 Å². The molecule has 0 aromatic carbocycles. The van der Waals surface area contributed by atoms with Gasteiger partial charge in [-0.05, 0) is 30.0 Å². The van der Waals surface area contributed by atoms with Gasteiger partial charge in [0.25, 0.3) is 0 Å². The Morgan fingerprint density at radius 3 is 3.00 bits per heavy atom. The van der Waals surface area contributed by atoms with Crippen molar-refractivity contribution >= 4 is 35.0 Å². The van der Waals surface area contributed by atoms with Crippen LogP contribution < -0.4 is 5.32 Å². The monoisotopic (exact) mass is 291 g/mol. The molecule has 2 aromatic heterocycles. The first kappa shape index (κ1) is 14.0. The number of thiophene rings is 1. The van der Waals surface area contributed by atoms with E-state index in [9.17, 15) is 9.59 Å². The Morgan fingerprint density at radius 1 is 1.55 bits per heavy atom. The molecular weight excluding hydrogens is 278 g/mol. The molecule has 0 aliphatic heterocycles. The molecule has 20 heavy (non-hydrogen) atoms. The van der Waals surface area contributed by atoms with Crippen molar-refractivity contribution in [2.45, 2.75) is 13.5 Å². The third kappa shape index (κ3) is 3.79. The number of nitrogens with zero attached hydrogens (tertiary/aromatic N) is 2. The van der Waals surface area contributed by atoms with Crippen LogP contribution in [0.2, 0.25) is 0 Å². The molecule has 7 heteroatoms. The first-order valence-corrected chi connectivity index (χ1v) is 6.70. The van der Waals surface area contributed by atoms with Crippen molar-refractivity contribution in [3.05, 3.63) is 40.4 Å². The second kappa shape index (κ2) is 6.16. The largest absolute Gasteiger partial charge is 0.480 e. The Bertz CT molecular complexity index is 657. The minimum absolute atomic E-state index is 0.236. The highest BCUT2D eigenvalue weighted by Crippen LogP contribution is 2.17. The zero-order valence-corrected chi connectivity index (χ0v) is 11.6. The second-order valence-electron chi connectivity index (χ2n) is 4.11. The topological polar surface area (TPSA) is 84.2 Å². The smallest absolute Gasteiger partial charge is 0.325 e. The maximum absolute atomic E-state index is 11.7. The Kier molecular flexibility index (Phi) is 4.31. The second-order valence-corrected chi connectivity index (χ2v) is 5.06. The molecule has 2 aromatic rings. The summed E-state index contributed by atoms with van der Waals surface area (Å²) in [5, 5.41) is 17.0. The Balaban J connectivity index is 1.94. The van der Waals surface area contributed by atoms with E-state index >= 15 is 0 Å². The number of aromatic nitrogens is 2. The van der Waals surface area contributed by atoms with Crippen LogP contribution >= 0.6 is 11.3 Å². The van der Waals surface area contributed by atoms with E-state index in [1.165, 1.54) is 23.2 Å². The molecule has 2 heterocycles. The molecule has 2 rings (SSSR count). The molecule has 0 aliphatic carbocycles. The molecule has 0 aliphatic rings. The third-order valence-corrected chi connectivity index (χ3v) is 3.47. The highest BCUT2D eigenvalue weighted by Gasteiger charge is 2.04. The quantitative estimate of drug-likeness (QED) is 0.825. The Labute approximate surface area is 119 Å². The average Bonchev–Trinajstić information content (AvgIpc) is 2.96. The van der Waals surface area contributed by atoms with Crippen LogP contribution in [0.25, 0.3) is 6.08 Å². The SMILES string of the molecule is Cc1ccsc1/C=C/C(=O)Nc1cnn(CC(=O)O)c1. The summed E-state index contributed by atoms with van der Waals surface area (Å²) in [6.07, 6.45) is 6.06. The molecule has 0 radical (unpaired) electrons. The van der Waals surface area contributed by atoms with E-state index in [4.69, 9.17) is 5.11 Å². The van der Waals surface area contributed by atoms with Crippen LogP contribution in [-0.4, -0.2) is 26.8 Å². The van der Waals surface area contributed by atoms with E-state index in [-0.39, 0.29) is 12.5 Å². The van der Waals surface area contributed by atoms with Crippen LogP contribution in [-0.2, 0) is 16.1 Å². The fraction of sp³-hybridized carbons (Fsp3) is 0.154. The maximum Gasteiger partial charge on any atom is 0.325 e. The van der Waals surface area contributed by atoms with Gasteiger partial charge in [0.15, 0.2) is 0 Å². The number of carboxylic acids is 1. The van der Waals surface area contributed by atoms with E-state index in [0.29, 0.717) is 5.69 Å². The van der Waals surface area contributed by atoms with Gasteiger partial charge in [-0.1, -0.05) is 0 Å². The predicted molar refractivity (Wildman–Crippen MR) is 76.6 cm³/mol. The number of nitrogens with one attached hydrogen (secondary N) is 1. The van der Waals surface area contributed by atoms with Crippen LogP contribution in [0, 0.1) is 6.92 Å². The van der Waals surface area contributed by atoms with Gasteiger partial charge in [-0.3, -0.25) is 14.3 Å². The third-order valence-electron chi connectivity index (χ3n) is 2.49. The van der Waals surface area contributed by atoms with Crippen molar-refractivity contribution in [1.29, 1.82) is 0 Å². The molecule has 0 spiro atoms. The molecule has 6 nitrogen and oxygen atoms in total. The number of aliphatic carboxylic acids is 1. The number of rotatable bonds is 5. The van der Waals surface area contributed by atoms with Crippen LogP contribution in [0.1, 0.15) is 10.4 Å². The molecule has 0 unspecified atom stereocenters. The standard InChI is InChI=1S/C13H13N3O3S/c1-9-4-5-20-11(9)2-3-12(17)15-10-6-14-16(7-10)8-13(18)19/h2-7H,8H2,1H3,(H,15,17)(H,18,19)/b3-2+. The zero-order valence-electron chi connectivity index (χ0n) is 10.7. The van der Waals surface area contributed by atoms with Crippen molar-refractivity contribution in [3.8, 4) is 0 Å². The first-order valence-electron chi connectivity index (χ1n) is 5.82. The van der Waals surface area contributed by atoms with Gasteiger partial charge in [-0.2, -0.15) is 5.10 Å². The zero-order chi connectivity index (χ0) is 14.5. The number of amides is 1.